The first kappa shape index (κ1) is 18.7. The minimum atomic E-state index is -0.396. The van der Waals surface area contributed by atoms with Crippen LogP contribution in [-0.4, -0.2) is 54.5 Å². The van der Waals surface area contributed by atoms with Gasteiger partial charge in [-0.15, -0.1) is 24.8 Å². The Morgan fingerprint density at radius 1 is 1.44 bits per heavy atom. The number of nitrogens with zero attached hydrogens (tertiary/aromatic N) is 1. The number of nitrogens with two attached hydrogens (primary N) is 1. The van der Waals surface area contributed by atoms with Crippen LogP contribution < -0.4 is 11.1 Å². The van der Waals surface area contributed by atoms with Crippen LogP contribution in [0.4, 0.5) is 0 Å². The lowest BCUT2D eigenvalue weighted by Gasteiger charge is -2.26. The van der Waals surface area contributed by atoms with E-state index in [1.54, 1.807) is 6.92 Å². The molecule has 1 rings (SSSR count). The van der Waals surface area contributed by atoms with E-state index in [1.807, 2.05) is 11.8 Å². The molecule has 16 heavy (non-hydrogen) atoms. The summed E-state index contributed by atoms with van der Waals surface area (Å²) in [5.41, 5.74) is 5.43. The first-order valence-electron chi connectivity index (χ1n) is 5.03. The molecule has 0 bridgehead atoms. The van der Waals surface area contributed by atoms with E-state index in [0.717, 1.165) is 19.6 Å². The molecule has 0 saturated carbocycles. The van der Waals surface area contributed by atoms with Crippen molar-refractivity contribution in [1.29, 1.82) is 0 Å². The Morgan fingerprint density at radius 2 is 2.00 bits per heavy atom. The minimum absolute atomic E-state index is 0. The SMILES string of the molecule is CC(N)C(=O)NCCN1CCSCC1.Cl.Cl. The Kier molecular flexibility index (Phi) is 12.2. The third-order valence-electron chi connectivity index (χ3n) is 2.24. The zero-order valence-electron chi connectivity index (χ0n) is 9.48. The first-order chi connectivity index (χ1) is 6.70. The highest BCUT2D eigenvalue weighted by molar-refractivity contribution is 7.99. The maximum absolute atomic E-state index is 11.1. The van der Waals surface area contributed by atoms with Gasteiger partial charge in [0.2, 0.25) is 5.91 Å². The molecular weight excluding hydrogens is 269 g/mol. The molecule has 4 nitrogen and oxygen atoms in total. The second-order valence-electron chi connectivity index (χ2n) is 3.53. The van der Waals surface area contributed by atoms with Crippen molar-refractivity contribution in [2.24, 2.45) is 5.73 Å². The second kappa shape index (κ2) is 10.5. The third-order valence-corrected chi connectivity index (χ3v) is 3.19. The predicted octanol–water partition coefficient (Wildman–Crippen LogP) is 0.342. The molecule has 0 aromatic carbocycles. The predicted molar refractivity (Wildman–Crippen MR) is 74.9 cm³/mol. The lowest BCUT2D eigenvalue weighted by Crippen LogP contribution is -2.43. The number of rotatable bonds is 4. The molecule has 1 amide bonds. The van der Waals surface area contributed by atoms with Gasteiger partial charge in [-0.3, -0.25) is 9.69 Å². The van der Waals surface area contributed by atoms with Gasteiger partial charge in [-0.2, -0.15) is 11.8 Å². The van der Waals surface area contributed by atoms with Gasteiger partial charge in [0.15, 0.2) is 0 Å². The van der Waals surface area contributed by atoms with Crippen molar-refractivity contribution in [2.45, 2.75) is 13.0 Å². The van der Waals surface area contributed by atoms with Crippen LogP contribution in [0, 0.1) is 0 Å². The Labute approximate surface area is 114 Å². The summed E-state index contributed by atoms with van der Waals surface area (Å²) in [5.74, 6) is 2.36. The summed E-state index contributed by atoms with van der Waals surface area (Å²) in [5, 5.41) is 2.82. The second-order valence-corrected chi connectivity index (χ2v) is 4.76. The molecule has 7 heteroatoms. The van der Waals surface area contributed by atoms with Crippen LogP contribution in [-0.2, 0) is 4.79 Å². The molecular formula is C9H21Cl2N3OS. The quantitative estimate of drug-likeness (QED) is 0.784. The summed E-state index contributed by atoms with van der Waals surface area (Å²) in [6.45, 7) is 5.63. The fraction of sp³-hybridized carbons (Fsp3) is 0.889. The fourth-order valence-corrected chi connectivity index (χ4v) is 2.30. The molecule has 0 radical (unpaired) electrons. The first-order valence-corrected chi connectivity index (χ1v) is 6.19. The number of hydrogen-bond acceptors (Lipinski definition) is 4. The molecule has 1 unspecified atom stereocenters. The van der Waals surface area contributed by atoms with E-state index < -0.39 is 6.04 Å². The Bertz CT molecular complexity index is 190. The fourth-order valence-electron chi connectivity index (χ4n) is 1.32. The van der Waals surface area contributed by atoms with Gasteiger partial charge < -0.3 is 11.1 Å². The van der Waals surface area contributed by atoms with Crippen LogP contribution in [0.25, 0.3) is 0 Å². The molecule has 1 aliphatic heterocycles. The maximum atomic E-state index is 11.1. The minimum Gasteiger partial charge on any atom is -0.353 e. The molecule has 0 aromatic heterocycles. The monoisotopic (exact) mass is 289 g/mol. The number of thioether (sulfide) groups is 1. The Hall–Kier alpha value is 0.320. The zero-order chi connectivity index (χ0) is 10.4. The van der Waals surface area contributed by atoms with Crippen molar-refractivity contribution in [3.63, 3.8) is 0 Å². The molecule has 1 atom stereocenters. The number of hydrogen-bond donors (Lipinski definition) is 2. The molecule has 1 heterocycles. The number of nitrogens with one attached hydrogen (secondary N) is 1. The van der Waals surface area contributed by atoms with Gasteiger partial charge in [0.05, 0.1) is 6.04 Å². The van der Waals surface area contributed by atoms with Crippen molar-refractivity contribution in [1.82, 2.24) is 10.2 Å². The molecule has 98 valence electrons. The smallest absolute Gasteiger partial charge is 0.236 e. The summed E-state index contributed by atoms with van der Waals surface area (Å²) >= 11 is 1.99. The lowest BCUT2D eigenvalue weighted by atomic mass is 10.3. The van der Waals surface area contributed by atoms with E-state index in [0.29, 0.717) is 6.54 Å². The summed E-state index contributed by atoms with van der Waals surface area (Å²) in [4.78, 5) is 13.5. The largest absolute Gasteiger partial charge is 0.353 e. The molecule has 3 N–H and O–H groups in total. The van der Waals surface area contributed by atoms with Crippen LogP contribution in [0.15, 0.2) is 0 Å². The van der Waals surface area contributed by atoms with E-state index in [2.05, 4.69) is 10.2 Å². The molecule has 0 aromatic rings. The van der Waals surface area contributed by atoms with Crippen molar-refractivity contribution in [3.05, 3.63) is 0 Å². The number of carbonyl (C=O) groups excluding carboxylic acids is 1. The van der Waals surface area contributed by atoms with Gasteiger partial charge in [0.25, 0.3) is 0 Å². The third kappa shape index (κ3) is 7.57. The topological polar surface area (TPSA) is 58.4 Å². The van der Waals surface area contributed by atoms with Gasteiger partial charge in [-0.25, -0.2) is 0 Å². The number of amides is 1. The highest BCUT2D eigenvalue weighted by Gasteiger charge is 2.11. The molecule has 1 fully saturated rings. The summed E-state index contributed by atoms with van der Waals surface area (Å²) in [6.07, 6.45) is 0. The highest BCUT2D eigenvalue weighted by atomic mass is 35.5. The lowest BCUT2D eigenvalue weighted by molar-refractivity contribution is -0.122. The van der Waals surface area contributed by atoms with E-state index >= 15 is 0 Å². The van der Waals surface area contributed by atoms with Crippen LogP contribution in [0.1, 0.15) is 6.92 Å². The Balaban J connectivity index is 0. The van der Waals surface area contributed by atoms with Crippen LogP contribution in [0.3, 0.4) is 0 Å². The normalized spacial score (nSPS) is 17.9. The van der Waals surface area contributed by atoms with E-state index in [4.69, 9.17) is 5.73 Å². The number of halogens is 2. The van der Waals surface area contributed by atoms with Gasteiger partial charge in [-0.05, 0) is 6.92 Å². The molecule has 0 aliphatic carbocycles. The van der Waals surface area contributed by atoms with Crippen LogP contribution in [0.2, 0.25) is 0 Å². The highest BCUT2D eigenvalue weighted by Crippen LogP contribution is 2.07. The average molecular weight is 290 g/mol. The molecule has 1 saturated heterocycles. The Morgan fingerprint density at radius 3 is 2.50 bits per heavy atom. The van der Waals surface area contributed by atoms with E-state index in [1.165, 1.54) is 11.5 Å². The van der Waals surface area contributed by atoms with Crippen LogP contribution in [0.5, 0.6) is 0 Å². The summed E-state index contributed by atoms with van der Waals surface area (Å²) in [6, 6.07) is -0.396. The summed E-state index contributed by atoms with van der Waals surface area (Å²) < 4.78 is 0. The molecule has 0 spiro atoms. The van der Waals surface area contributed by atoms with Crippen LogP contribution >= 0.6 is 36.6 Å². The van der Waals surface area contributed by atoms with Gasteiger partial charge in [0, 0.05) is 37.7 Å². The van der Waals surface area contributed by atoms with Gasteiger partial charge >= 0.3 is 0 Å². The van der Waals surface area contributed by atoms with E-state index in [9.17, 15) is 4.79 Å². The van der Waals surface area contributed by atoms with Crippen molar-refractivity contribution in [2.75, 3.05) is 37.7 Å². The van der Waals surface area contributed by atoms with Gasteiger partial charge in [0.1, 0.15) is 0 Å². The van der Waals surface area contributed by atoms with Crippen molar-refractivity contribution in [3.8, 4) is 0 Å². The number of carbonyl (C=O) groups is 1. The van der Waals surface area contributed by atoms with Crippen molar-refractivity contribution < 1.29 is 4.79 Å². The zero-order valence-corrected chi connectivity index (χ0v) is 11.9. The van der Waals surface area contributed by atoms with Crippen molar-refractivity contribution >= 4 is 42.5 Å². The molecule has 1 aliphatic rings. The summed E-state index contributed by atoms with van der Waals surface area (Å²) in [7, 11) is 0. The standard InChI is InChI=1S/C9H19N3OS.2ClH/c1-8(10)9(13)11-2-3-12-4-6-14-7-5-12;;/h8H,2-7,10H2,1H3,(H,11,13);2*1H. The maximum Gasteiger partial charge on any atom is 0.236 e. The average Bonchev–Trinajstić information content (AvgIpc) is 2.19. The van der Waals surface area contributed by atoms with Gasteiger partial charge in [-0.1, -0.05) is 0 Å². The van der Waals surface area contributed by atoms with E-state index in [-0.39, 0.29) is 30.7 Å².